The summed E-state index contributed by atoms with van der Waals surface area (Å²) >= 11 is 1.49. The number of ether oxygens (including phenoxy) is 1. The summed E-state index contributed by atoms with van der Waals surface area (Å²) < 4.78 is 21.3. The molecular weight excluding hydrogens is 285 g/mol. The smallest absolute Gasteiger partial charge is 0.173 e. The third kappa shape index (κ3) is 2.02. The van der Waals surface area contributed by atoms with Crippen molar-refractivity contribution in [3.63, 3.8) is 0 Å². The minimum Gasteiger partial charge on any atom is -0.387 e. The molecule has 9 heteroatoms. The van der Waals surface area contributed by atoms with Crippen LogP contribution in [-0.2, 0) is 4.74 Å². The number of aliphatic hydroxyl groups is 1. The Morgan fingerprint density at radius 2 is 2.30 bits per heavy atom. The number of hydrogen-bond acceptors (Lipinski definition) is 7. The monoisotopic (exact) mass is 299 g/mol. The predicted molar refractivity (Wildman–Crippen MR) is 72.9 cm³/mol. The number of anilines is 1. The topological polar surface area (TPSA) is 99.1 Å². The van der Waals surface area contributed by atoms with Crippen LogP contribution in [0.2, 0.25) is 0 Å². The van der Waals surface area contributed by atoms with E-state index >= 15 is 0 Å². The van der Waals surface area contributed by atoms with E-state index in [1.807, 2.05) is 6.26 Å². The van der Waals surface area contributed by atoms with Gasteiger partial charge >= 0.3 is 0 Å². The number of hydrogen-bond donors (Lipinski definition) is 2. The van der Waals surface area contributed by atoms with Crippen LogP contribution in [0.5, 0.6) is 0 Å². The van der Waals surface area contributed by atoms with Gasteiger partial charge in [0.2, 0.25) is 0 Å². The third-order valence-electron chi connectivity index (χ3n) is 3.29. The van der Waals surface area contributed by atoms with Crippen LogP contribution in [0, 0.1) is 0 Å². The second-order valence-electron chi connectivity index (χ2n) is 4.54. The van der Waals surface area contributed by atoms with Gasteiger partial charge in [0.25, 0.3) is 0 Å². The fraction of sp³-hybridized carbons (Fsp3) is 0.545. The highest BCUT2D eigenvalue weighted by atomic mass is 32.2. The van der Waals surface area contributed by atoms with Crippen molar-refractivity contribution in [3.05, 3.63) is 12.7 Å². The molecule has 2 aromatic rings. The van der Waals surface area contributed by atoms with E-state index in [9.17, 15) is 9.50 Å². The SMILES string of the molecule is CSC[C@H]1O[C@@H](n2cnc3c(N)ncnc32)C(F)[C@@H]1O. The molecule has 3 heterocycles. The predicted octanol–water partition coefficient (Wildman–Crippen LogP) is 0.368. The average molecular weight is 299 g/mol. The molecular formula is C11H14FN5O2S. The Kier molecular flexibility index (Phi) is 3.48. The van der Waals surface area contributed by atoms with Crippen molar-refractivity contribution in [2.75, 3.05) is 17.7 Å². The van der Waals surface area contributed by atoms with Gasteiger partial charge in [-0.15, -0.1) is 0 Å². The molecule has 2 aromatic heterocycles. The molecule has 0 aliphatic carbocycles. The van der Waals surface area contributed by atoms with Crippen LogP contribution in [0.4, 0.5) is 10.2 Å². The number of aliphatic hydroxyl groups excluding tert-OH is 1. The number of thioether (sulfide) groups is 1. The molecule has 0 radical (unpaired) electrons. The molecule has 1 saturated heterocycles. The Hall–Kier alpha value is -1.45. The normalized spacial score (nSPS) is 30.1. The van der Waals surface area contributed by atoms with Crippen LogP contribution >= 0.6 is 11.8 Å². The number of fused-ring (bicyclic) bond motifs is 1. The van der Waals surface area contributed by atoms with Gasteiger partial charge in [-0.05, 0) is 6.26 Å². The van der Waals surface area contributed by atoms with Gasteiger partial charge in [0.15, 0.2) is 23.9 Å². The highest BCUT2D eigenvalue weighted by molar-refractivity contribution is 7.98. The molecule has 0 aromatic carbocycles. The minimum atomic E-state index is -1.54. The van der Waals surface area contributed by atoms with E-state index in [0.29, 0.717) is 16.9 Å². The van der Waals surface area contributed by atoms with E-state index in [0.717, 1.165) is 0 Å². The minimum absolute atomic E-state index is 0.225. The van der Waals surface area contributed by atoms with E-state index in [4.69, 9.17) is 10.5 Å². The van der Waals surface area contributed by atoms with Gasteiger partial charge < -0.3 is 15.6 Å². The van der Waals surface area contributed by atoms with Crippen molar-refractivity contribution in [1.29, 1.82) is 0 Å². The maximum Gasteiger partial charge on any atom is 0.173 e. The first-order chi connectivity index (χ1) is 9.63. The number of aromatic nitrogens is 4. The zero-order chi connectivity index (χ0) is 14.3. The number of halogens is 1. The fourth-order valence-corrected chi connectivity index (χ4v) is 2.89. The van der Waals surface area contributed by atoms with Gasteiger partial charge in [0, 0.05) is 5.75 Å². The standard InChI is InChI=1S/C11H14FN5O2S/c1-20-2-5-8(18)6(12)11(19-5)17-4-16-7-9(13)14-3-15-10(7)17/h3-6,8,11,18H,2H2,1H3,(H2,13,14,15)/t5-,6?,8-,11-/m1/s1. The highest BCUT2D eigenvalue weighted by Crippen LogP contribution is 2.34. The van der Waals surface area contributed by atoms with Crippen molar-refractivity contribution >= 4 is 28.7 Å². The summed E-state index contributed by atoms with van der Waals surface area (Å²) in [5.74, 6) is 0.741. The molecule has 108 valence electrons. The largest absolute Gasteiger partial charge is 0.387 e. The lowest BCUT2D eigenvalue weighted by Crippen LogP contribution is -2.29. The quantitative estimate of drug-likeness (QED) is 0.844. The van der Waals surface area contributed by atoms with Crippen LogP contribution < -0.4 is 5.73 Å². The van der Waals surface area contributed by atoms with E-state index < -0.39 is 24.6 Å². The maximum absolute atomic E-state index is 14.2. The lowest BCUT2D eigenvalue weighted by molar-refractivity contribution is -0.0116. The van der Waals surface area contributed by atoms with E-state index in [1.165, 1.54) is 29.0 Å². The lowest BCUT2D eigenvalue weighted by Gasteiger charge is -2.15. The Balaban J connectivity index is 1.97. The van der Waals surface area contributed by atoms with Crippen LogP contribution in [-0.4, -0.2) is 55.0 Å². The lowest BCUT2D eigenvalue weighted by atomic mass is 10.2. The Bertz CT molecular complexity index is 624. The molecule has 3 N–H and O–H groups in total. The summed E-state index contributed by atoms with van der Waals surface area (Å²) in [5.41, 5.74) is 6.48. The molecule has 1 aliphatic heterocycles. The summed E-state index contributed by atoms with van der Waals surface area (Å²) in [6, 6.07) is 0. The van der Waals surface area contributed by atoms with Crippen molar-refractivity contribution < 1.29 is 14.2 Å². The summed E-state index contributed by atoms with van der Waals surface area (Å²) in [6.07, 6.45) is 0.347. The van der Waals surface area contributed by atoms with Crippen LogP contribution in [0.15, 0.2) is 12.7 Å². The number of nitrogens with zero attached hydrogens (tertiary/aromatic N) is 4. The van der Waals surface area contributed by atoms with Gasteiger partial charge in [0.05, 0.1) is 12.4 Å². The summed E-state index contributed by atoms with van der Waals surface area (Å²) in [6.45, 7) is 0. The maximum atomic E-state index is 14.2. The summed E-state index contributed by atoms with van der Waals surface area (Å²) in [5, 5.41) is 9.88. The van der Waals surface area contributed by atoms with E-state index in [-0.39, 0.29) is 5.82 Å². The molecule has 0 saturated carbocycles. The first kappa shape index (κ1) is 13.5. The zero-order valence-corrected chi connectivity index (χ0v) is 11.5. The number of imidazole rings is 1. The number of rotatable bonds is 3. The summed E-state index contributed by atoms with van der Waals surface area (Å²) in [7, 11) is 0. The van der Waals surface area contributed by atoms with E-state index in [1.54, 1.807) is 0 Å². The summed E-state index contributed by atoms with van der Waals surface area (Å²) in [4.78, 5) is 12.0. The molecule has 1 aliphatic rings. The van der Waals surface area contributed by atoms with Crippen molar-refractivity contribution in [2.24, 2.45) is 0 Å². The first-order valence-corrected chi connectivity index (χ1v) is 7.42. The van der Waals surface area contributed by atoms with Crippen LogP contribution in [0.25, 0.3) is 11.2 Å². The Morgan fingerprint density at radius 3 is 3.05 bits per heavy atom. The zero-order valence-electron chi connectivity index (χ0n) is 10.7. The van der Waals surface area contributed by atoms with Crippen molar-refractivity contribution in [1.82, 2.24) is 19.5 Å². The second-order valence-corrected chi connectivity index (χ2v) is 5.45. The molecule has 4 atom stereocenters. The molecule has 0 bridgehead atoms. The molecule has 20 heavy (non-hydrogen) atoms. The molecule has 1 unspecified atom stereocenters. The molecule has 3 rings (SSSR count). The Labute approximate surface area is 118 Å². The van der Waals surface area contributed by atoms with E-state index in [2.05, 4.69) is 15.0 Å². The third-order valence-corrected chi connectivity index (χ3v) is 3.95. The molecule has 0 spiro atoms. The number of nitrogen functional groups attached to an aromatic ring is 1. The highest BCUT2D eigenvalue weighted by Gasteiger charge is 2.45. The Morgan fingerprint density at radius 1 is 1.50 bits per heavy atom. The van der Waals surface area contributed by atoms with Crippen molar-refractivity contribution in [2.45, 2.75) is 24.6 Å². The van der Waals surface area contributed by atoms with Crippen LogP contribution in [0.1, 0.15) is 6.23 Å². The average Bonchev–Trinajstić information content (AvgIpc) is 2.97. The number of alkyl halides is 1. The van der Waals surface area contributed by atoms with Gasteiger partial charge in [-0.1, -0.05) is 0 Å². The van der Waals surface area contributed by atoms with Gasteiger partial charge in [-0.2, -0.15) is 11.8 Å². The first-order valence-electron chi connectivity index (χ1n) is 6.03. The van der Waals surface area contributed by atoms with Crippen molar-refractivity contribution in [3.8, 4) is 0 Å². The second kappa shape index (κ2) is 5.15. The molecule has 7 nitrogen and oxygen atoms in total. The van der Waals surface area contributed by atoms with Gasteiger partial charge in [0.1, 0.15) is 17.9 Å². The fourth-order valence-electron chi connectivity index (χ4n) is 2.29. The van der Waals surface area contributed by atoms with Gasteiger partial charge in [-0.3, -0.25) is 4.57 Å². The van der Waals surface area contributed by atoms with Crippen LogP contribution in [0.3, 0.4) is 0 Å². The number of nitrogens with two attached hydrogens (primary N) is 1. The molecule has 0 amide bonds. The van der Waals surface area contributed by atoms with Gasteiger partial charge in [-0.25, -0.2) is 19.3 Å². The molecule has 1 fully saturated rings.